The summed E-state index contributed by atoms with van der Waals surface area (Å²) in [6, 6.07) is 7.78. The van der Waals surface area contributed by atoms with Crippen molar-refractivity contribution >= 4 is 5.82 Å². The molecule has 2 aromatic heterocycles. The molecule has 0 saturated carbocycles. The van der Waals surface area contributed by atoms with Crippen LogP contribution in [0.2, 0.25) is 0 Å². The molecule has 0 aliphatic carbocycles. The third-order valence-electron chi connectivity index (χ3n) is 2.87. The quantitative estimate of drug-likeness (QED) is 0.720. The second-order valence-electron chi connectivity index (χ2n) is 4.37. The zero-order chi connectivity index (χ0) is 14.0. The highest BCUT2D eigenvalue weighted by atomic mass is 16.5. The van der Waals surface area contributed by atoms with Crippen LogP contribution >= 0.6 is 0 Å². The molecule has 0 aliphatic rings. The molecule has 106 valence electrons. The molecule has 2 N–H and O–H groups in total. The van der Waals surface area contributed by atoms with Crippen LogP contribution in [0.3, 0.4) is 0 Å². The van der Waals surface area contributed by atoms with Crippen molar-refractivity contribution in [3.8, 4) is 5.75 Å². The van der Waals surface area contributed by atoms with Crippen molar-refractivity contribution in [1.29, 1.82) is 0 Å². The van der Waals surface area contributed by atoms with Crippen LogP contribution < -0.4 is 15.4 Å². The van der Waals surface area contributed by atoms with Crippen molar-refractivity contribution in [2.75, 3.05) is 25.5 Å². The first kappa shape index (κ1) is 14.3. The first-order valence-corrected chi connectivity index (χ1v) is 6.72. The lowest BCUT2D eigenvalue weighted by Gasteiger charge is -2.09. The van der Waals surface area contributed by atoms with E-state index in [1.165, 1.54) is 5.56 Å². The average molecular weight is 272 g/mol. The van der Waals surface area contributed by atoms with Crippen LogP contribution in [-0.4, -0.2) is 30.2 Å². The van der Waals surface area contributed by atoms with Gasteiger partial charge in [0.25, 0.3) is 0 Å². The molecule has 0 aromatic carbocycles. The second-order valence-corrected chi connectivity index (χ2v) is 4.37. The van der Waals surface area contributed by atoms with Crippen molar-refractivity contribution in [1.82, 2.24) is 15.3 Å². The van der Waals surface area contributed by atoms with Gasteiger partial charge in [0.05, 0.1) is 7.11 Å². The Hall–Kier alpha value is -2.14. The first-order valence-electron chi connectivity index (χ1n) is 6.72. The Labute approximate surface area is 119 Å². The zero-order valence-electron chi connectivity index (χ0n) is 11.7. The molecular formula is C15H20N4O. The maximum Gasteiger partial charge on any atom is 0.168 e. The Bertz CT molecular complexity index is 504. The molecular weight excluding hydrogens is 252 g/mol. The minimum Gasteiger partial charge on any atom is -0.493 e. The Morgan fingerprint density at radius 1 is 1.15 bits per heavy atom. The summed E-state index contributed by atoms with van der Waals surface area (Å²) in [6.45, 7) is 2.64. The maximum atomic E-state index is 5.23. The molecule has 0 spiro atoms. The Morgan fingerprint density at radius 3 is 2.85 bits per heavy atom. The molecule has 0 atom stereocenters. The van der Waals surface area contributed by atoms with Gasteiger partial charge in [0.15, 0.2) is 11.6 Å². The monoisotopic (exact) mass is 272 g/mol. The summed E-state index contributed by atoms with van der Waals surface area (Å²) in [5.74, 6) is 1.57. The average Bonchev–Trinajstić information content (AvgIpc) is 2.52. The highest BCUT2D eigenvalue weighted by Gasteiger charge is 2.01. The van der Waals surface area contributed by atoms with Crippen LogP contribution in [0.1, 0.15) is 12.0 Å². The number of methoxy groups -OCH3 is 1. The van der Waals surface area contributed by atoms with Crippen LogP contribution in [0.25, 0.3) is 0 Å². The molecule has 2 aromatic rings. The number of rotatable bonds is 8. The number of nitrogens with one attached hydrogen (secondary N) is 2. The largest absolute Gasteiger partial charge is 0.493 e. The summed E-state index contributed by atoms with van der Waals surface area (Å²) >= 11 is 0. The van der Waals surface area contributed by atoms with Crippen LogP contribution in [0.5, 0.6) is 5.75 Å². The van der Waals surface area contributed by atoms with E-state index in [2.05, 4.69) is 26.7 Å². The van der Waals surface area contributed by atoms with Crippen molar-refractivity contribution in [3.05, 3.63) is 48.4 Å². The van der Waals surface area contributed by atoms with E-state index in [1.54, 1.807) is 19.5 Å². The molecule has 0 unspecified atom stereocenters. The molecule has 5 heteroatoms. The fourth-order valence-electron chi connectivity index (χ4n) is 1.84. The van der Waals surface area contributed by atoms with Gasteiger partial charge < -0.3 is 15.4 Å². The predicted molar refractivity (Wildman–Crippen MR) is 79.8 cm³/mol. The van der Waals surface area contributed by atoms with Gasteiger partial charge in [-0.3, -0.25) is 4.98 Å². The fourth-order valence-corrected chi connectivity index (χ4v) is 1.84. The molecule has 20 heavy (non-hydrogen) atoms. The van der Waals surface area contributed by atoms with E-state index in [1.807, 2.05) is 24.4 Å². The van der Waals surface area contributed by atoms with E-state index in [4.69, 9.17) is 4.74 Å². The summed E-state index contributed by atoms with van der Waals surface area (Å²) in [4.78, 5) is 8.33. The summed E-state index contributed by atoms with van der Waals surface area (Å²) < 4.78 is 5.23. The van der Waals surface area contributed by atoms with Gasteiger partial charge in [0.2, 0.25) is 0 Å². The van der Waals surface area contributed by atoms with Gasteiger partial charge in [-0.15, -0.1) is 0 Å². The molecule has 0 saturated heterocycles. The number of aromatic nitrogens is 2. The van der Waals surface area contributed by atoms with Crippen LogP contribution in [0.15, 0.2) is 42.9 Å². The van der Waals surface area contributed by atoms with Gasteiger partial charge in [-0.1, -0.05) is 6.07 Å². The number of nitrogens with zero attached hydrogens (tertiary/aromatic N) is 2. The topological polar surface area (TPSA) is 59.1 Å². The summed E-state index contributed by atoms with van der Waals surface area (Å²) in [6.07, 6.45) is 6.43. The van der Waals surface area contributed by atoms with Crippen molar-refractivity contribution in [3.63, 3.8) is 0 Å². The Kier molecular flexibility index (Phi) is 5.79. The maximum absolute atomic E-state index is 5.23. The second kappa shape index (κ2) is 8.12. The number of hydrogen-bond donors (Lipinski definition) is 2. The molecule has 0 radical (unpaired) electrons. The first-order chi connectivity index (χ1) is 9.90. The molecule has 0 bridgehead atoms. The van der Waals surface area contributed by atoms with Gasteiger partial charge in [-0.25, -0.2) is 4.98 Å². The van der Waals surface area contributed by atoms with Crippen LogP contribution in [0, 0.1) is 0 Å². The molecule has 0 aliphatic heterocycles. The summed E-state index contributed by atoms with van der Waals surface area (Å²) in [5.41, 5.74) is 1.20. The molecule has 2 rings (SSSR count). The van der Waals surface area contributed by atoms with Gasteiger partial charge >= 0.3 is 0 Å². The third-order valence-corrected chi connectivity index (χ3v) is 2.87. The molecule has 0 fully saturated rings. The van der Waals surface area contributed by atoms with E-state index in [0.717, 1.165) is 37.6 Å². The Morgan fingerprint density at radius 2 is 2.05 bits per heavy atom. The van der Waals surface area contributed by atoms with E-state index in [-0.39, 0.29) is 0 Å². The summed E-state index contributed by atoms with van der Waals surface area (Å²) in [5, 5.41) is 6.66. The van der Waals surface area contributed by atoms with E-state index in [9.17, 15) is 0 Å². The highest BCUT2D eigenvalue weighted by molar-refractivity contribution is 5.49. The van der Waals surface area contributed by atoms with Crippen molar-refractivity contribution in [2.45, 2.75) is 13.0 Å². The highest BCUT2D eigenvalue weighted by Crippen LogP contribution is 2.19. The van der Waals surface area contributed by atoms with Crippen molar-refractivity contribution < 1.29 is 4.74 Å². The lowest BCUT2D eigenvalue weighted by atomic mass is 10.3. The minimum atomic E-state index is 0.774. The standard InChI is InChI=1S/C15H20N4O/c1-20-14-6-3-9-18-15(14)19-10-4-8-17-12-13-5-2-7-16-11-13/h2-3,5-7,9,11,17H,4,8,10,12H2,1H3,(H,18,19). The van der Waals surface area contributed by atoms with Crippen LogP contribution in [0.4, 0.5) is 5.82 Å². The molecule has 2 heterocycles. The van der Waals surface area contributed by atoms with Gasteiger partial charge in [0, 0.05) is 31.7 Å². The van der Waals surface area contributed by atoms with Gasteiger partial charge in [-0.05, 0) is 36.7 Å². The number of ether oxygens (including phenoxy) is 1. The summed E-state index contributed by atoms with van der Waals surface area (Å²) in [7, 11) is 1.65. The number of pyridine rings is 2. The SMILES string of the molecule is COc1cccnc1NCCCNCc1cccnc1. The van der Waals surface area contributed by atoms with Gasteiger partial charge in [0.1, 0.15) is 0 Å². The fraction of sp³-hybridized carbons (Fsp3) is 0.333. The third kappa shape index (κ3) is 4.51. The smallest absolute Gasteiger partial charge is 0.168 e. The van der Waals surface area contributed by atoms with Crippen molar-refractivity contribution in [2.24, 2.45) is 0 Å². The van der Waals surface area contributed by atoms with Gasteiger partial charge in [-0.2, -0.15) is 0 Å². The number of anilines is 1. The predicted octanol–water partition coefficient (Wildman–Crippen LogP) is 2.08. The zero-order valence-corrected chi connectivity index (χ0v) is 11.7. The Balaban J connectivity index is 1.62. The molecule has 5 nitrogen and oxygen atoms in total. The molecule has 0 amide bonds. The van der Waals surface area contributed by atoms with E-state index in [0.29, 0.717) is 0 Å². The van der Waals surface area contributed by atoms with E-state index < -0.39 is 0 Å². The lowest BCUT2D eigenvalue weighted by molar-refractivity contribution is 0.414. The number of hydrogen-bond acceptors (Lipinski definition) is 5. The normalized spacial score (nSPS) is 10.2. The minimum absolute atomic E-state index is 0.774. The van der Waals surface area contributed by atoms with E-state index >= 15 is 0 Å². The lowest BCUT2D eigenvalue weighted by Crippen LogP contribution is -2.18. The van der Waals surface area contributed by atoms with Crippen LogP contribution in [-0.2, 0) is 6.54 Å².